The first kappa shape index (κ1) is 26.9. The molecule has 1 amide bonds. The third-order valence-electron chi connectivity index (χ3n) is 6.32. The van der Waals surface area contributed by atoms with E-state index in [2.05, 4.69) is 4.90 Å². The summed E-state index contributed by atoms with van der Waals surface area (Å²) in [6.45, 7) is 4.01. The number of hydrogen-bond acceptors (Lipinski definition) is 3. The topological polar surface area (TPSA) is 43.8 Å². The fraction of sp³-hybridized carbons (Fsp3) is 0.480. The summed E-state index contributed by atoms with van der Waals surface area (Å²) in [5.74, 6) is 0.833. The number of piperidine rings is 1. The SMILES string of the molecule is CN(CC(CCN1CCC(CCO)CC1)c1ccc(Cl)c(Cl)c1)C(=O)c1ccccc1.Cl. The molecular weight excluding hydrogens is 467 g/mol. The molecule has 0 aromatic heterocycles. The molecule has 0 spiro atoms. The average molecular weight is 500 g/mol. The standard InChI is InChI=1S/C25H32Cl2N2O2.ClH/c1-28(25(31)20-5-3-2-4-6-20)18-22(21-7-8-23(26)24(27)17-21)11-15-29-13-9-19(10-14-29)12-16-30;/h2-8,17,19,22,30H,9-16,18H2,1H3;1H. The summed E-state index contributed by atoms with van der Waals surface area (Å²) in [7, 11) is 1.86. The second kappa shape index (κ2) is 13.4. The van der Waals surface area contributed by atoms with Crippen LogP contribution < -0.4 is 0 Å². The summed E-state index contributed by atoms with van der Waals surface area (Å²) in [5.41, 5.74) is 1.81. The predicted molar refractivity (Wildman–Crippen MR) is 135 cm³/mol. The van der Waals surface area contributed by atoms with Gasteiger partial charge in [-0.1, -0.05) is 47.5 Å². The average Bonchev–Trinajstić information content (AvgIpc) is 2.79. The Hall–Kier alpha value is -1.30. The van der Waals surface area contributed by atoms with Crippen molar-refractivity contribution in [1.29, 1.82) is 0 Å². The van der Waals surface area contributed by atoms with Crippen molar-refractivity contribution < 1.29 is 9.90 Å². The van der Waals surface area contributed by atoms with Crippen molar-refractivity contribution in [2.45, 2.75) is 31.6 Å². The number of aliphatic hydroxyl groups is 1. The van der Waals surface area contributed by atoms with Crippen LogP contribution >= 0.6 is 35.6 Å². The van der Waals surface area contributed by atoms with Gasteiger partial charge < -0.3 is 14.9 Å². The lowest BCUT2D eigenvalue weighted by Crippen LogP contribution is -2.37. The Morgan fingerprint density at radius 2 is 1.81 bits per heavy atom. The number of hydrogen-bond donors (Lipinski definition) is 1. The fourth-order valence-electron chi connectivity index (χ4n) is 4.36. The highest BCUT2D eigenvalue weighted by molar-refractivity contribution is 6.42. The van der Waals surface area contributed by atoms with Gasteiger partial charge in [0.15, 0.2) is 0 Å². The van der Waals surface area contributed by atoms with Gasteiger partial charge in [0.25, 0.3) is 5.91 Å². The number of aliphatic hydroxyl groups excluding tert-OH is 1. The summed E-state index contributed by atoms with van der Waals surface area (Å²) in [5, 5.41) is 10.3. The molecule has 1 atom stereocenters. The molecule has 1 fully saturated rings. The van der Waals surface area contributed by atoms with Crippen molar-refractivity contribution in [2.75, 3.05) is 39.8 Å². The van der Waals surface area contributed by atoms with Crippen molar-refractivity contribution in [3.63, 3.8) is 0 Å². The monoisotopic (exact) mass is 498 g/mol. The molecule has 1 aliphatic heterocycles. The molecule has 1 heterocycles. The second-order valence-corrected chi connectivity index (χ2v) is 9.32. The summed E-state index contributed by atoms with van der Waals surface area (Å²) >= 11 is 12.4. The van der Waals surface area contributed by atoms with Gasteiger partial charge in [-0.15, -0.1) is 12.4 Å². The van der Waals surface area contributed by atoms with E-state index >= 15 is 0 Å². The van der Waals surface area contributed by atoms with Crippen molar-refractivity contribution >= 4 is 41.5 Å². The van der Waals surface area contributed by atoms with Crippen LogP contribution in [0.4, 0.5) is 0 Å². The number of likely N-dealkylation sites (N-methyl/N-ethyl adjacent to an activating group) is 1. The largest absolute Gasteiger partial charge is 0.396 e. The first-order valence-corrected chi connectivity index (χ1v) is 11.8. The molecule has 0 aliphatic carbocycles. The predicted octanol–water partition coefficient (Wildman–Crippen LogP) is 5.76. The summed E-state index contributed by atoms with van der Waals surface area (Å²) in [6, 6.07) is 15.2. The molecule has 0 radical (unpaired) electrons. The first-order valence-electron chi connectivity index (χ1n) is 11.1. The molecule has 2 aromatic carbocycles. The van der Waals surface area contributed by atoms with Crippen LogP contribution in [0.3, 0.4) is 0 Å². The number of likely N-dealkylation sites (tertiary alicyclic amines) is 1. The van der Waals surface area contributed by atoms with E-state index < -0.39 is 0 Å². The van der Waals surface area contributed by atoms with Crippen LogP contribution in [0.2, 0.25) is 10.0 Å². The van der Waals surface area contributed by atoms with Gasteiger partial charge in [0, 0.05) is 31.7 Å². The van der Waals surface area contributed by atoms with Crippen molar-refractivity contribution in [1.82, 2.24) is 9.80 Å². The van der Waals surface area contributed by atoms with Crippen LogP contribution in [0.25, 0.3) is 0 Å². The van der Waals surface area contributed by atoms with Crippen LogP contribution in [0.5, 0.6) is 0 Å². The molecule has 2 aromatic rings. The smallest absolute Gasteiger partial charge is 0.253 e. The molecule has 4 nitrogen and oxygen atoms in total. The highest BCUT2D eigenvalue weighted by Crippen LogP contribution is 2.30. The van der Waals surface area contributed by atoms with Gasteiger partial charge >= 0.3 is 0 Å². The molecule has 176 valence electrons. The second-order valence-electron chi connectivity index (χ2n) is 8.51. The molecule has 0 bridgehead atoms. The summed E-state index contributed by atoms with van der Waals surface area (Å²) in [4.78, 5) is 17.2. The normalized spacial score (nSPS) is 15.8. The number of rotatable bonds is 9. The Balaban J connectivity index is 0.00000363. The van der Waals surface area contributed by atoms with E-state index in [1.54, 1.807) is 4.90 Å². The maximum Gasteiger partial charge on any atom is 0.253 e. The number of carbonyl (C=O) groups is 1. The fourth-order valence-corrected chi connectivity index (χ4v) is 4.67. The molecule has 3 rings (SSSR count). The van der Waals surface area contributed by atoms with Gasteiger partial charge in [0.2, 0.25) is 0 Å². The number of benzene rings is 2. The molecule has 7 heteroatoms. The zero-order valence-corrected chi connectivity index (χ0v) is 20.9. The Kier molecular flexibility index (Phi) is 11.3. The van der Waals surface area contributed by atoms with Gasteiger partial charge in [0.1, 0.15) is 0 Å². The van der Waals surface area contributed by atoms with E-state index in [9.17, 15) is 9.90 Å². The molecule has 1 N–H and O–H groups in total. The van der Waals surface area contributed by atoms with Crippen LogP contribution in [0, 0.1) is 5.92 Å². The molecular formula is C25H33Cl3N2O2. The van der Waals surface area contributed by atoms with E-state index in [-0.39, 0.29) is 30.8 Å². The van der Waals surface area contributed by atoms with Gasteiger partial charge in [0.05, 0.1) is 10.0 Å². The van der Waals surface area contributed by atoms with E-state index in [0.29, 0.717) is 28.1 Å². The Labute approximate surface area is 207 Å². The lowest BCUT2D eigenvalue weighted by Gasteiger charge is -2.33. The minimum absolute atomic E-state index is 0. The van der Waals surface area contributed by atoms with Crippen molar-refractivity contribution in [2.24, 2.45) is 5.92 Å². The van der Waals surface area contributed by atoms with Crippen molar-refractivity contribution in [3.05, 3.63) is 69.7 Å². The maximum absolute atomic E-state index is 12.9. The highest BCUT2D eigenvalue weighted by atomic mass is 35.5. The van der Waals surface area contributed by atoms with Gasteiger partial charge in [-0.05, 0) is 81.1 Å². The number of carbonyl (C=O) groups excluding carboxylic acids is 1. The molecule has 0 saturated carbocycles. The Morgan fingerprint density at radius 1 is 1.12 bits per heavy atom. The lowest BCUT2D eigenvalue weighted by molar-refractivity contribution is 0.0780. The molecule has 1 saturated heterocycles. The number of nitrogens with zero attached hydrogens (tertiary/aromatic N) is 2. The third-order valence-corrected chi connectivity index (χ3v) is 7.05. The summed E-state index contributed by atoms with van der Waals surface area (Å²) < 4.78 is 0. The highest BCUT2D eigenvalue weighted by Gasteiger charge is 2.23. The van der Waals surface area contributed by atoms with E-state index in [0.717, 1.165) is 50.9 Å². The van der Waals surface area contributed by atoms with E-state index in [4.69, 9.17) is 23.2 Å². The number of amides is 1. The Morgan fingerprint density at radius 3 is 2.44 bits per heavy atom. The maximum atomic E-state index is 12.9. The first-order chi connectivity index (χ1) is 15.0. The number of halogens is 3. The van der Waals surface area contributed by atoms with Gasteiger partial charge in [-0.25, -0.2) is 0 Å². The van der Waals surface area contributed by atoms with Crippen molar-refractivity contribution in [3.8, 4) is 0 Å². The van der Waals surface area contributed by atoms with E-state index in [1.807, 2.05) is 55.6 Å². The third kappa shape index (κ3) is 7.64. The quantitative estimate of drug-likeness (QED) is 0.477. The summed E-state index contributed by atoms with van der Waals surface area (Å²) in [6.07, 6.45) is 4.13. The molecule has 1 aliphatic rings. The Bertz CT molecular complexity index is 842. The van der Waals surface area contributed by atoms with Crippen LogP contribution in [0.1, 0.15) is 47.5 Å². The zero-order valence-electron chi connectivity index (χ0n) is 18.6. The zero-order chi connectivity index (χ0) is 22.2. The van der Waals surface area contributed by atoms with Gasteiger partial charge in [-0.2, -0.15) is 0 Å². The van der Waals surface area contributed by atoms with Crippen LogP contribution in [-0.2, 0) is 0 Å². The van der Waals surface area contributed by atoms with Gasteiger partial charge in [-0.3, -0.25) is 4.79 Å². The van der Waals surface area contributed by atoms with Crippen LogP contribution in [0.15, 0.2) is 48.5 Å². The minimum Gasteiger partial charge on any atom is -0.396 e. The van der Waals surface area contributed by atoms with Crippen LogP contribution in [-0.4, -0.2) is 60.6 Å². The molecule has 32 heavy (non-hydrogen) atoms. The lowest BCUT2D eigenvalue weighted by atomic mass is 9.92. The minimum atomic E-state index is 0. The van der Waals surface area contributed by atoms with E-state index in [1.165, 1.54) is 0 Å². The molecule has 1 unspecified atom stereocenters.